The Bertz CT molecular complexity index is 358. The number of urea groups is 1. The number of nitrogens with one attached hydrogen (secondary N) is 3. The van der Waals surface area contributed by atoms with Crippen LogP contribution in [0.5, 0.6) is 0 Å². The summed E-state index contributed by atoms with van der Waals surface area (Å²) in [6.45, 7) is 5.94. The van der Waals surface area contributed by atoms with E-state index in [0.29, 0.717) is 5.41 Å². The summed E-state index contributed by atoms with van der Waals surface area (Å²) in [6, 6.07) is -0.681. The molecule has 0 saturated carbocycles. The number of hydrogen-bond acceptors (Lipinski definition) is 4. The minimum absolute atomic E-state index is 0. The normalized spacial score (nSPS) is 22.9. The third kappa shape index (κ3) is 3.84. The Kier molecular flexibility index (Phi) is 6.23. The van der Waals surface area contributed by atoms with Gasteiger partial charge in [0, 0.05) is 13.6 Å². The Hall–Kier alpha value is -0.850. The maximum atomic E-state index is 11.9. The second-order valence-corrected chi connectivity index (χ2v) is 5.71. The van der Waals surface area contributed by atoms with E-state index < -0.39 is 6.03 Å². The molecule has 0 aromatic carbocycles. The number of rotatable bonds is 2. The molecule has 1 atom stereocenters. The fourth-order valence-electron chi connectivity index (χ4n) is 3.11. The molecule has 1 spiro atoms. The summed E-state index contributed by atoms with van der Waals surface area (Å²) in [7, 11) is 1.51. The van der Waals surface area contributed by atoms with Gasteiger partial charge in [-0.2, -0.15) is 0 Å². The average Bonchev–Trinajstić information content (AvgIpc) is 2.82. The van der Waals surface area contributed by atoms with E-state index in [9.17, 15) is 9.59 Å². The molecule has 2 saturated heterocycles. The van der Waals surface area contributed by atoms with Crippen molar-refractivity contribution in [1.82, 2.24) is 20.9 Å². The van der Waals surface area contributed by atoms with Gasteiger partial charge >= 0.3 is 6.03 Å². The topological polar surface area (TPSA) is 73.5 Å². The Labute approximate surface area is 126 Å². The standard InChI is InChI=1S/C13H24N4O2.ClH/c1-10(11(18)16-12(19)14-2)17-8-5-13(9-17)3-6-15-7-4-13;/h10,15H,3-9H2,1-2H3,(H2,14,16,18,19);1H. The zero-order valence-electron chi connectivity index (χ0n) is 12.2. The highest BCUT2D eigenvalue weighted by Crippen LogP contribution is 2.39. The van der Waals surface area contributed by atoms with Crippen molar-refractivity contribution in [2.45, 2.75) is 32.2 Å². The SMILES string of the molecule is CNC(=O)NC(=O)C(C)N1CCC2(CCNCC2)C1.Cl. The second-order valence-electron chi connectivity index (χ2n) is 5.71. The van der Waals surface area contributed by atoms with Gasteiger partial charge in [0.15, 0.2) is 0 Å². The Morgan fingerprint density at radius 2 is 1.90 bits per heavy atom. The zero-order chi connectivity index (χ0) is 13.9. The van der Waals surface area contributed by atoms with Crippen molar-refractivity contribution in [2.75, 3.05) is 33.2 Å². The smallest absolute Gasteiger partial charge is 0.321 e. The molecule has 2 aliphatic rings. The maximum absolute atomic E-state index is 11.9. The van der Waals surface area contributed by atoms with E-state index in [-0.39, 0.29) is 24.4 Å². The van der Waals surface area contributed by atoms with E-state index in [4.69, 9.17) is 0 Å². The highest BCUT2D eigenvalue weighted by atomic mass is 35.5. The molecule has 3 amide bonds. The van der Waals surface area contributed by atoms with Crippen molar-refractivity contribution in [1.29, 1.82) is 0 Å². The van der Waals surface area contributed by atoms with Gasteiger partial charge in [0.1, 0.15) is 0 Å². The summed E-state index contributed by atoms with van der Waals surface area (Å²) >= 11 is 0. The van der Waals surface area contributed by atoms with Crippen LogP contribution in [0.2, 0.25) is 0 Å². The predicted molar refractivity (Wildman–Crippen MR) is 80.0 cm³/mol. The van der Waals surface area contributed by atoms with Gasteiger partial charge in [-0.25, -0.2) is 4.79 Å². The number of nitrogens with zero attached hydrogens (tertiary/aromatic N) is 1. The van der Waals surface area contributed by atoms with E-state index in [1.54, 1.807) is 0 Å². The fraction of sp³-hybridized carbons (Fsp3) is 0.846. The molecule has 0 aromatic rings. The Morgan fingerprint density at radius 3 is 2.50 bits per heavy atom. The van der Waals surface area contributed by atoms with E-state index in [2.05, 4.69) is 20.9 Å². The molecule has 6 nitrogen and oxygen atoms in total. The molecular formula is C13H25ClN4O2. The summed E-state index contributed by atoms with van der Waals surface area (Å²) in [5.41, 5.74) is 0.382. The number of likely N-dealkylation sites (tertiary alicyclic amines) is 1. The molecule has 2 heterocycles. The van der Waals surface area contributed by atoms with Gasteiger partial charge in [0.05, 0.1) is 6.04 Å². The lowest BCUT2D eigenvalue weighted by Gasteiger charge is -2.34. The molecular weight excluding hydrogens is 280 g/mol. The molecule has 0 bridgehead atoms. The van der Waals surface area contributed by atoms with Crippen LogP contribution in [-0.4, -0.2) is 56.1 Å². The summed E-state index contributed by atoms with van der Waals surface area (Å²) < 4.78 is 0. The molecule has 2 aliphatic heterocycles. The quantitative estimate of drug-likeness (QED) is 0.687. The third-order valence-corrected chi connectivity index (χ3v) is 4.52. The number of amides is 3. The van der Waals surface area contributed by atoms with Crippen LogP contribution >= 0.6 is 12.4 Å². The van der Waals surface area contributed by atoms with Gasteiger partial charge in [0.2, 0.25) is 5.91 Å². The van der Waals surface area contributed by atoms with Crippen LogP contribution in [0.3, 0.4) is 0 Å². The van der Waals surface area contributed by atoms with Crippen LogP contribution < -0.4 is 16.0 Å². The molecule has 1 unspecified atom stereocenters. The predicted octanol–water partition coefficient (Wildman–Crippen LogP) is 0.328. The summed E-state index contributed by atoms with van der Waals surface area (Å²) in [4.78, 5) is 25.3. The van der Waals surface area contributed by atoms with Crippen molar-refractivity contribution in [3.05, 3.63) is 0 Å². The van der Waals surface area contributed by atoms with E-state index in [0.717, 1.165) is 32.6 Å². The highest BCUT2D eigenvalue weighted by molar-refractivity contribution is 5.96. The first-order valence-corrected chi connectivity index (χ1v) is 7.04. The Morgan fingerprint density at radius 1 is 1.25 bits per heavy atom. The lowest BCUT2D eigenvalue weighted by molar-refractivity contribution is -0.124. The van der Waals surface area contributed by atoms with Gasteiger partial charge in [0.25, 0.3) is 0 Å². The fourth-order valence-corrected chi connectivity index (χ4v) is 3.11. The van der Waals surface area contributed by atoms with Gasteiger partial charge in [-0.05, 0) is 51.2 Å². The molecule has 116 valence electrons. The van der Waals surface area contributed by atoms with Crippen LogP contribution in [0.15, 0.2) is 0 Å². The first-order chi connectivity index (χ1) is 9.06. The molecule has 0 radical (unpaired) electrons. The number of carbonyl (C=O) groups excluding carboxylic acids is 2. The zero-order valence-corrected chi connectivity index (χ0v) is 13.0. The molecule has 2 rings (SSSR count). The monoisotopic (exact) mass is 304 g/mol. The minimum atomic E-state index is -0.437. The van der Waals surface area contributed by atoms with Crippen molar-refractivity contribution < 1.29 is 9.59 Å². The molecule has 20 heavy (non-hydrogen) atoms. The number of halogens is 1. The van der Waals surface area contributed by atoms with Crippen molar-refractivity contribution in [2.24, 2.45) is 5.41 Å². The van der Waals surface area contributed by atoms with E-state index in [1.807, 2.05) is 6.92 Å². The van der Waals surface area contributed by atoms with Gasteiger partial charge in [-0.15, -0.1) is 12.4 Å². The first-order valence-electron chi connectivity index (χ1n) is 7.04. The third-order valence-electron chi connectivity index (χ3n) is 4.52. The van der Waals surface area contributed by atoms with Crippen LogP contribution in [0.25, 0.3) is 0 Å². The minimum Gasteiger partial charge on any atom is -0.341 e. The van der Waals surface area contributed by atoms with Gasteiger partial charge in [-0.1, -0.05) is 0 Å². The van der Waals surface area contributed by atoms with Crippen molar-refractivity contribution in [3.63, 3.8) is 0 Å². The summed E-state index contributed by atoms with van der Waals surface area (Å²) in [6.07, 6.45) is 3.53. The van der Waals surface area contributed by atoms with Crippen LogP contribution in [-0.2, 0) is 4.79 Å². The summed E-state index contributed by atoms with van der Waals surface area (Å²) in [5.74, 6) is -0.217. The Balaban J connectivity index is 0.00000200. The van der Waals surface area contributed by atoms with Gasteiger partial charge in [-0.3, -0.25) is 15.0 Å². The largest absolute Gasteiger partial charge is 0.341 e. The number of carbonyl (C=O) groups is 2. The summed E-state index contributed by atoms with van der Waals surface area (Å²) in [5, 5.41) is 8.14. The van der Waals surface area contributed by atoms with Crippen LogP contribution in [0, 0.1) is 5.41 Å². The van der Waals surface area contributed by atoms with E-state index in [1.165, 1.54) is 19.9 Å². The second kappa shape index (κ2) is 7.24. The lowest BCUT2D eigenvalue weighted by atomic mass is 9.78. The average molecular weight is 305 g/mol. The molecule has 7 heteroatoms. The molecule has 0 aliphatic carbocycles. The number of hydrogen-bond donors (Lipinski definition) is 3. The van der Waals surface area contributed by atoms with Crippen molar-refractivity contribution >= 4 is 24.3 Å². The van der Waals surface area contributed by atoms with Crippen molar-refractivity contribution in [3.8, 4) is 0 Å². The van der Waals surface area contributed by atoms with E-state index >= 15 is 0 Å². The molecule has 0 aromatic heterocycles. The first kappa shape index (κ1) is 17.2. The maximum Gasteiger partial charge on any atom is 0.321 e. The highest BCUT2D eigenvalue weighted by Gasteiger charge is 2.41. The van der Waals surface area contributed by atoms with Crippen LogP contribution in [0.1, 0.15) is 26.2 Å². The van der Waals surface area contributed by atoms with Gasteiger partial charge < -0.3 is 10.6 Å². The number of piperidine rings is 1. The molecule has 3 N–H and O–H groups in total. The van der Waals surface area contributed by atoms with Crippen LogP contribution in [0.4, 0.5) is 4.79 Å². The molecule has 2 fully saturated rings. The number of imide groups is 1. The lowest BCUT2D eigenvalue weighted by Crippen LogP contribution is -2.49.